The Hall–Kier alpha value is -2.42. The van der Waals surface area contributed by atoms with Crippen LogP contribution in [0.15, 0.2) is 0 Å². The van der Waals surface area contributed by atoms with Crippen LogP contribution in [0.1, 0.15) is 57.8 Å². The average Bonchev–Trinajstić information content (AvgIpc) is 2.83. The molecule has 4 unspecified atom stereocenters. The van der Waals surface area contributed by atoms with Crippen molar-refractivity contribution in [3.63, 3.8) is 0 Å². The number of nitrogens with two attached hydrogens (primary N) is 4. The minimum absolute atomic E-state index is 0.135. The van der Waals surface area contributed by atoms with E-state index in [1.165, 1.54) is 11.8 Å². The van der Waals surface area contributed by atoms with Crippen molar-refractivity contribution >= 4 is 41.4 Å². The molecule has 0 aromatic rings. The van der Waals surface area contributed by atoms with E-state index in [4.69, 9.17) is 22.9 Å². The van der Waals surface area contributed by atoms with Crippen LogP contribution in [0, 0.1) is 0 Å². The third-order valence-electron chi connectivity index (χ3n) is 5.42. The van der Waals surface area contributed by atoms with Gasteiger partial charge in [0.15, 0.2) is 0 Å². The van der Waals surface area contributed by atoms with E-state index in [2.05, 4.69) is 16.0 Å². The highest BCUT2D eigenvalue weighted by molar-refractivity contribution is 7.98. The van der Waals surface area contributed by atoms with Crippen molar-refractivity contribution < 1.29 is 29.1 Å². The van der Waals surface area contributed by atoms with Gasteiger partial charge in [0.1, 0.15) is 18.1 Å². The molecule has 208 valence electrons. The second kappa shape index (κ2) is 19.7. The number of carbonyl (C=O) groups excluding carboxylic acids is 4. The Morgan fingerprint density at radius 2 is 1.25 bits per heavy atom. The van der Waals surface area contributed by atoms with Crippen LogP contribution >= 0.6 is 11.8 Å². The lowest BCUT2D eigenvalue weighted by Crippen LogP contribution is -2.57. The van der Waals surface area contributed by atoms with Gasteiger partial charge < -0.3 is 44.0 Å². The zero-order valence-corrected chi connectivity index (χ0v) is 21.8. The number of amides is 4. The van der Waals surface area contributed by atoms with Gasteiger partial charge in [0.25, 0.3) is 0 Å². The van der Waals surface area contributed by atoms with Crippen LogP contribution < -0.4 is 38.9 Å². The minimum atomic E-state index is -1.23. The number of aliphatic carboxylic acids is 1. The summed E-state index contributed by atoms with van der Waals surface area (Å²) in [6, 6.07) is -4.21. The molecule has 0 aliphatic carbocycles. The lowest BCUT2D eigenvalue weighted by Gasteiger charge is -2.25. The van der Waals surface area contributed by atoms with Crippen molar-refractivity contribution in [2.45, 2.75) is 82.0 Å². The summed E-state index contributed by atoms with van der Waals surface area (Å²) in [5, 5.41) is 17.0. The van der Waals surface area contributed by atoms with Crippen molar-refractivity contribution in [2.75, 3.05) is 25.1 Å². The van der Waals surface area contributed by atoms with Gasteiger partial charge >= 0.3 is 5.97 Å². The van der Waals surface area contributed by atoms with Crippen LogP contribution in [0.2, 0.25) is 0 Å². The average molecular weight is 534 g/mol. The summed E-state index contributed by atoms with van der Waals surface area (Å²) in [5.74, 6) is -3.28. The summed E-state index contributed by atoms with van der Waals surface area (Å²) in [6.07, 6.45) is 4.79. The molecule has 0 saturated carbocycles. The van der Waals surface area contributed by atoms with Gasteiger partial charge in [0.05, 0.1) is 6.04 Å². The predicted octanol–water partition coefficient (Wildman–Crippen LogP) is -1.87. The Labute approximate surface area is 216 Å². The van der Waals surface area contributed by atoms with E-state index in [0.717, 1.165) is 6.42 Å². The normalized spacial score (nSPS) is 14.2. The SMILES string of the molecule is CSCCC(NC(=O)C(N)CCCCN)C(=O)NC(CCC(N)=O)C(=O)NC(CCCCN)C(=O)O. The zero-order chi connectivity index (χ0) is 27.5. The maximum Gasteiger partial charge on any atom is 0.326 e. The van der Waals surface area contributed by atoms with E-state index in [0.29, 0.717) is 44.5 Å². The zero-order valence-electron chi connectivity index (χ0n) is 21.0. The first-order valence-corrected chi connectivity index (χ1v) is 13.5. The van der Waals surface area contributed by atoms with Crippen LogP contribution in [0.5, 0.6) is 0 Å². The highest BCUT2D eigenvalue weighted by Gasteiger charge is 2.30. The number of thioether (sulfide) groups is 1. The smallest absolute Gasteiger partial charge is 0.326 e. The van der Waals surface area contributed by atoms with Gasteiger partial charge in [-0.05, 0) is 70.0 Å². The fourth-order valence-electron chi connectivity index (χ4n) is 3.27. The Morgan fingerprint density at radius 3 is 1.75 bits per heavy atom. The molecule has 0 spiro atoms. The van der Waals surface area contributed by atoms with Crippen molar-refractivity contribution in [1.82, 2.24) is 16.0 Å². The van der Waals surface area contributed by atoms with E-state index in [1.54, 1.807) is 0 Å². The van der Waals surface area contributed by atoms with Gasteiger partial charge in [-0.1, -0.05) is 6.42 Å². The molecule has 12 N–H and O–H groups in total. The highest BCUT2D eigenvalue weighted by atomic mass is 32.2. The summed E-state index contributed by atoms with van der Waals surface area (Å²) in [6.45, 7) is 0.870. The number of hydrogen-bond acceptors (Lipinski definition) is 9. The summed E-state index contributed by atoms with van der Waals surface area (Å²) >= 11 is 1.47. The molecule has 0 fully saturated rings. The van der Waals surface area contributed by atoms with Gasteiger partial charge in [-0.25, -0.2) is 4.79 Å². The molecule has 0 heterocycles. The molecule has 0 aliphatic heterocycles. The summed E-state index contributed by atoms with van der Waals surface area (Å²) in [7, 11) is 0. The van der Waals surface area contributed by atoms with Crippen molar-refractivity contribution in [2.24, 2.45) is 22.9 Å². The van der Waals surface area contributed by atoms with Crippen LogP contribution in [0.3, 0.4) is 0 Å². The lowest BCUT2D eigenvalue weighted by molar-refractivity contribution is -0.142. The number of rotatable bonds is 21. The quantitative estimate of drug-likeness (QED) is 0.0763. The Bertz CT molecular complexity index is 712. The van der Waals surface area contributed by atoms with Crippen LogP contribution in [-0.2, 0) is 24.0 Å². The Morgan fingerprint density at radius 1 is 0.750 bits per heavy atom. The van der Waals surface area contributed by atoms with E-state index in [9.17, 15) is 29.1 Å². The molecule has 4 amide bonds. The van der Waals surface area contributed by atoms with E-state index in [-0.39, 0.29) is 25.7 Å². The Balaban J connectivity index is 5.42. The second-order valence-electron chi connectivity index (χ2n) is 8.48. The van der Waals surface area contributed by atoms with Crippen LogP contribution in [0.25, 0.3) is 0 Å². The minimum Gasteiger partial charge on any atom is -0.480 e. The monoisotopic (exact) mass is 533 g/mol. The number of unbranched alkanes of at least 4 members (excludes halogenated alkanes) is 2. The topological polar surface area (TPSA) is 246 Å². The maximum atomic E-state index is 13.0. The molecule has 0 radical (unpaired) electrons. The molecule has 0 aromatic heterocycles. The van der Waals surface area contributed by atoms with Crippen molar-refractivity contribution in [3.8, 4) is 0 Å². The number of hydrogen-bond donors (Lipinski definition) is 8. The number of carboxylic acids is 1. The van der Waals surface area contributed by atoms with Crippen LogP contribution in [0.4, 0.5) is 0 Å². The summed E-state index contributed by atoms with van der Waals surface area (Å²) < 4.78 is 0. The van der Waals surface area contributed by atoms with Gasteiger partial charge in [-0.3, -0.25) is 19.2 Å². The molecule has 4 atom stereocenters. The molecule has 0 rings (SSSR count). The third-order valence-corrected chi connectivity index (χ3v) is 6.07. The molecular formula is C22H43N7O6S. The third kappa shape index (κ3) is 14.9. The fraction of sp³-hybridized carbons (Fsp3) is 0.773. The van der Waals surface area contributed by atoms with Crippen molar-refractivity contribution in [1.29, 1.82) is 0 Å². The fourth-order valence-corrected chi connectivity index (χ4v) is 3.74. The Kier molecular flexibility index (Phi) is 18.4. The molecule has 0 bridgehead atoms. The second-order valence-corrected chi connectivity index (χ2v) is 9.47. The maximum absolute atomic E-state index is 13.0. The molecular weight excluding hydrogens is 490 g/mol. The molecule has 0 aliphatic rings. The predicted molar refractivity (Wildman–Crippen MR) is 139 cm³/mol. The first-order chi connectivity index (χ1) is 17.1. The number of primary amides is 1. The highest BCUT2D eigenvalue weighted by Crippen LogP contribution is 2.07. The van der Waals surface area contributed by atoms with Crippen LogP contribution in [-0.4, -0.2) is 84.0 Å². The standard InChI is InChI=1S/C22H43N7O6S/c1-36-13-10-16(27-19(31)14(25)6-2-4-11-23)21(33)28-15(8-9-18(26)30)20(32)29-17(22(34)35)7-3-5-12-24/h14-17H,2-13,23-25H2,1H3,(H2,26,30)(H,27,31)(H,28,33)(H,29,32)(H,34,35). The molecule has 0 saturated heterocycles. The van der Waals surface area contributed by atoms with E-state index in [1.807, 2.05) is 6.26 Å². The van der Waals surface area contributed by atoms with Gasteiger partial charge in [0.2, 0.25) is 23.6 Å². The summed E-state index contributed by atoms with van der Waals surface area (Å²) in [4.78, 5) is 61.3. The number of carbonyl (C=O) groups is 5. The van der Waals surface area contributed by atoms with Gasteiger partial charge in [0, 0.05) is 6.42 Å². The molecule has 14 heteroatoms. The van der Waals surface area contributed by atoms with E-state index >= 15 is 0 Å². The van der Waals surface area contributed by atoms with Crippen molar-refractivity contribution in [3.05, 3.63) is 0 Å². The number of nitrogens with one attached hydrogen (secondary N) is 3. The van der Waals surface area contributed by atoms with E-state index < -0.39 is 53.8 Å². The first-order valence-electron chi connectivity index (χ1n) is 12.1. The first kappa shape index (κ1) is 33.6. The largest absolute Gasteiger partial charge is 0.480 e. The molecule has 13 nitrogen and oxygen atoms in total. The lowest BCUT2D eigenvalue weighted by atomic mass is 10.1. The van der Waals surface area contributed by atoms with Gasteiger partial charge in [-0.2, -0.15) is 11.8 Å². The summed E-state index contributed by atoms with van der Waals surface area (Å²) in [5.41, 5.74) is 22.0. The number of carboxylic acid groups (broad SMARTS) is 1. The molecule has 36 heavy (non-hydrogen) atoms. The van der Waals surface area contributed by atoms with Gasteiger partial charge in [-0.15, -0.1) is 0 Å². The molecule has 0 aromatic carbocycles.